The molecule has 0 aromatic heterocycles. The summed E-state index contributed by atoms with van der Waals surface area (Å²) in [6.07, 6.45) is 0. The molecule has 0 spiro atoms. The molecule has 5 aliphatic rings. The predicted molar refractivity (Wildman–Crippen MR) is 531 cm³/mol. The van der Waals surface area contributed by atoms with Crippen LogP contribution in [0, 0.1) is 96.6 Å². The third-order valence-electron chi connectivity index (χ3n) is 24.0. The van der Waals surface area contributed by atoms with Gasteiger partial charge < -0.3 is 20.2 Å². The maximum Gasteiger partial charge on any atom is 0.338 e. The van der Waals surface area contributed by atoms with E-state index in [0.717, 1.165) is 55.0 Å². The zero-order chi connectivity index (χ0) is 105. The van der Waals surface area contributed by atoms with Crippen LogP contribution in [0.2, 0.25) is 0 Å². The minimum atomic E-state index is -1.43. The second kappa shape index (κ2) is 39.8. The first kappa shape index (κ1) is 104. The van der Waals surface area contributed by atoms with Gasteiger partial charge in [0.15, 0.2) is 56.0 Å². The minimum Gasteiger partial charge on any atom is -0.478 e. The Morgan fingerprint density at radius 1 is 0.291 bits per heavy atom. The lowest BCUT2D eigenvalue weighted by Gasteiger charge is -2.29. The van der Waals surface area contributed by atoms with E-state index in [1.165, 1.54) is 140 Å². The van der Waals surface area contributed by atoms with E-state index >= 15 is 0 Å². The number of carboxylic acids is 1. The van der Waals surface area contributed by atoms with Crippen LogP contribution < -0.4 is 54.3 Å². The van der Waals surface area contributed by atoms with Gasteiger partial charge in [0.2, 0.25) is 0 Å². The maximum absolute atomic E-state index is 14.4. The van der Waals surface area contributed by atoms with Crippen LogP contribution in [-0.2, 0) is 24.0 Å². The van der Waals surface area contributed by atoms with Gasteiger partial charge in [-0.2, -0.15) is 0 Å². The molecule has 0 bridgehead atoms. The molecule has 5 saturated heterocycles. The molecule has 716 valence electrons. The topological polar surface area (TPSA) is 308 Å². The number of hydrogen-bond acceptors (Lipinski definition) is 15. The molecule has 0 saturated carbocycles. The van der Waals surface area contributed by atoms with Crippen LogP contribution in [0.25, 0.3) is 24.2 Å². The van der Waals surface area contributed by atoms with Crippen molar-refractivity contribution < 1.29 is 89.4 Å². The number of imide groups is 3. The van der Waals surface area contributed by atoms with Gasteiger partial charge in [-0.05, 0) is 329 Å². The number of anilines is 10. The highest BCUT2D eigenvalue weighted by atomic mass is 32.1. The Bertz CT molecular complexity index is 6680. The van der Waals surface area contributed by atoms with Crippen molar-refractivity contribution >= 4 is 197 Å². The molecule has 30 nitrogen and oxygen atoms in total. The molecule has 5 aliphatic heterocycles. The number of halogens is 5. The number of carbonyl (C=O) groups excluding carboxylic acids is 12. The van der Waals surface area contributed by atoms with Crippen molar-refractivity contribution in [2.75, 3.05) is 56.0 Å². The van der Waals surface area contributed by atoms with Crippen LogP contribution in [0.1, 0.15) is 170 Å². The maximum atomic E-state index is 14.4. The van der Waals surface area contributed by atoms with E-state index in [4.69, 9.17) is 62.4 Å². The molecule has 5 heterocycles. The second-order valence-corrected chi connectivity index (χ2v) is 36.1. The molecule has 0 aliphatic carbocycles. The summed E-state index contributed by atoms with van der Waals surface area (Å²) in [4.78, 5) is 191. The molecule has 37 heteroatoms. The predicted octanol–water partition coefficient (Wildman–Crippen LogP) is 22.2. The molecule has 0 atom stereocenters. The van der Waals surface area contributed by atoms with Crippen molar-refractivity contribution in [3.63, 3.8) is 0 Å². The van der Waals surface area contributed by atoms with E-state index in [-0.39, 0.29) is 72.9 Å². The lowest BCUT2D eigenvalue weighted by molar-refractivity contribution is -0.121. The summed E-state index contributed by atoms with van der Waals surface area (Å²) >= 11 is 11.1. The molecule has 10 aromatic carbocycles. The molecule has 5 fully saturated rings. The first-order chi connectivity index (χ1) is 66.0. The number of ketones is 3. The normalized spacial score (nSPS) is 15.7. The van der Waals surface area contributed by atoms with Gasteiger partial charge in [0.05, 0.1) is 77.7 Å². The summed E-state index contributed by atoms with van der Waals surface area (Å²) in [6, 6.07) is 41.4. The Morgan fingerprint density at radius 2 is 0.475 bits per heavy atom. The minimum absolute atomic E-state index is 0.0137. The number of nitrogens with zero attached hydrogens (tertiary/aromatic N) is 15. The standard InChI is InChI=1S/C21H19FN4O3.C21H18FN3O3.2C21H18FN3O2S.C20H16FN3O4/c1-12-10-13(7-9-17(12)23-4)25-19(28)21(2,3)26(20(25)29)14-6-8-15(16(22)11-14)18(27)24-5;3*1-12-10-14(7-9-18(12)23-5)24-19(27)21(3,4)25(20(24)28)15-6-8-16(13(2)26)17(22)11-15;1-11-9-12(6-8-16(11)22-4)23-18(27)20(2,3)24(19(23)28)13-5-7-14(17(25)26)15(21)10-13/h6-11H,1-3,5H3,(H,24,27);3*6-11H,1-4H3;5-10H,1-3H3,(H,25,26). The lowest BCUT2D eigenvalue weighted by Crippen LogP contribution is -2.44. The van der Waals surface area contributed by atoms with Crippen molar-refractivity contribution in [1.82, 2.24) is 5.32 Å². The first-order valence-corrected chi connectivity index (χ1v) is 43.6. The van der Waals surface area contributed by atoms with Crippen molar-refractivity contribution in [3.05, 3.63) is 324 Å². The number of benzene rings is 10. The van der Waals surface area contributed by atoms with Gasteiger partial charge in [-0.3, -0.25) is 67.7 Å². The van der Waals surface area contributed by atoms with Crippen molar-refractivity contribution in [1.29, 1.82) is 0 Å². The number of Topliss-reactive ketones (excluding diaryl/α,β-unsaturated/α-hetero) is 3. The molecular formula is C104H89F5N16O14S2. The number of hydrogen-bond donors (Lipinski definition) is 2. The van der Waals surface area contributed by atoms with Crippen LogP contribution in [0.5, 0.6) is 0 Å². The van der Waals surface area contributed by atoms with E-state index in [9.17, 15) is 84.3 Å². The van der Waals surface area contributed by atoms with Crippen LogP contribution >= 0.6 is 24.4 Å². The van der Waals surface area contributed by atoms with Gasteiger partial charge in [0.1, 0.15) is 56.8 Å². The zero-order valence-corrected chi connectivity index (χ0v) is 81.1. The Labute approximate surface area is 819 Å². The number of aryl methyl sites for hydroxylation is 5. The van der Waals surface area contributed by atoms with Crippen molar-refractivity contribution in [2.45, 2.75) is 152 Å². The summed E-state index contributed by atoms with van der Waals surface area (Å²) in [5.74, 6) is -9.05. The summed E-state index contributed by atoms with van der Waals surface area (Å²) in [6.45, 7) is 64.4. The second-order valence-electron chi connectivity index (χ2n) is 35.4. The number of aromatic carboxylic acids is 1. The fourth-order valence-corrected chi connectivity index (χ4v) is 17.4. The summed E-state index contributed by atoms with van der Waals surface area (Å²) in [5, 5.41) is 11.7. The Kier molecular flexibility index (Phi) is 29.5. The van der Waals surface area contributed by atoms with Crippen LogP contribution in [0.15, 0.2) is 182 Å². The number of carboxylic acid groups (broad SMARTS) is 1. The molecule has 0 radical (unpaired) electrons. The summed E-state index contributed by atoms with van der Waals surface area (Å²) in [7, 11) is 1.39. The van der Waals surface area contributed by atoms with Gasteiger partial charge in [0.25, 0.3) is 35.4 Å². The molecular weight excluding hydrogens is 1860 g/mol. The molecule has 15 rings (SSSR count). The SMILES string of the molecule is [C-]#[N+]c1ccc(N2C(=O)C(C)(C)N(c3ccc(C(C)=O)c(F)c3)C2=S)cc1C.[C-]#[N+]c1ccc(N2C(=O)C(C)(C)N(c3ccc(C(C)=O)c(F)c3)C2=S)cc1C.[C-]#[N+]c1ccc(N2C(=O)N(c3ccc(C(=O)NC)c(F)c3)C(C)(C)C2=O)cc1C.[C-]#[N+]c1ccc(N2C(=O)N(c3ccc(C(=O)O)c(F)c3)C(C)(C)C2=O)cc1C.[C-]#[N+]c1ccc(N2C(=O)N(c3ccc(C(C)=O)c(F)c3)C(C)(C)C2=O)cc1C. The Hall–Kier alpha value is -17.2. The highest BCUT2D eigenvalue weighted by Gasteiger charge is 2.57. The molecule has 12 amide bonds. The van der Waals surface area contributed by atoms with E-state index in [1.807, 2.05) is 0 Å². The van der Waals surface area contributed by atoms with E-state index in [1.54, 1.807) is 179 Å². The number of urea groups is 3. The highest BCUT2D eigenvalue weighted by molar-refractivity contribution is 7.81. The number of carbonyl (C=O) groups is 13. The number of nitrogens with one attached hydrogen (secondary N) is 1. The van der Waals surface area contributed by atoms with Crippen LogP contribution in [0.3, 0.4) is 0 Å². The molecule has 141 heavy (non-hydrogen) atoms. The Balaban J connectivity index is 0.000000168. The Morgan fingerprint density at radius 3 is 0.667 bits per heavy atom. The molecule has 0 unspecified atom stereocenters. The van der Waals surface area contributed by atoms with E-state index < -0.39 is 116 Å². The average molecular weight is 1950 g/mol. The van der Waals surface area contributed by atoms with E-state index in [0.29, 0.717) is 84.9 Å². The third kappa shape index (κ3) is 19.3. The fourth-order valence-electron chi connectivity index (χ4n) is 16.4. The average Bonchev–Trinajstić information content (AvgIpc) is 1.62. The van der Waals surface area contributed by atoms with Crippen LogP contribution in [-0.4, -0.2) is 127 Å². The number of thiocarbonyl (C=S) groups is 2. The summed E-state index contributed by atoms with van der Waals surface area (Å²) < 4.78 is 71.6. The molecule has 2 N–H and O–H groups in total. The van der Waals surface area contributed by atoms with Gasteiger partial charge in [-0.1, -0.05) is 30.3 Å². The van der Waals surface area contributed by atoms with Crippen molar-refractivity contribution in [3.8, 4) is 0 Å². The monoisotopic (exact) mass is 1940 g/mol. The van der Waals surface area contributed by atoms with E-state index in [2.05, 4.69) is 29.5 Å². The number of amides is 12. The lowest BCUT2D eigenvalue weighted by atomic mass is 10.0. The van der Waals surface area contributed by atoms with Gasteiger partial charge in [-0.15, -0.1) is 0 Å². The summed E-state index contributed by atoms with van der Waals surface area (Å²) in [5.41, 5.74) is 2.17. The first-order valence-electron chi connectivity index (χ1n) is 42.8. The van der Waals surface area contributed by atoms with Gasteiger partial charge in [-0.25, -0.2) is 80.1 Å². The van der Waals surface area contributed by atoms with Gasteiger partial charge in [0, 0.05) is 46.9 Å². The third-order valence-corrected chi connectivity index (χ3v) is 24.8. The fraction of sp³-hybridized carbons (Fsp3) is 0.231. The van der Waals surface area contributed by atoms with Crippen LogP contribution in [0.4, 0.5) is 122 Å². The highest BCUT2D eigenvalue weighted by Crippen LogP contribution is 2.46. The quantitative estimate of drug-likeness (QED) is 0.0317. The smallest absolute Gasteiger partial charge is 0.338 e. The molecule has 10 aromatic rings. The number of rotatable bonds is 15. The van der Waals surface area contributed by atoms with Crippen molar-refractivity contribution in [2.24, 2.45) is 0 Å². The zero-order valence-electron chi connectivity index (χ0n) is 79.5. The largest absolute Gasteiger partial charge is 0.478 e. The van der Waals surface area contributed by atoms with Gasteiger partial charge >= 0.3 is 24.1 Å².